The van der Waals surface area contributed by atoms with E-state index in [0.29, 0.717) is 32.5 Å². The van der Waals surface area contributed by atoms with Crippen LogP contribution in [0.25, 0.3) is 5.57 Å². The predicted molar refractivity (Wildman–Crippen MR) is 125 cm³/mol. The second kappa shape index (κ2) is 10.5. The van der Waals surface area contributed by atoms with Crippen molar-refractivity contribution >= 4 is 33.0 Å². The Balaban J connectivity index is 1.85. The molecule has 0 bridgehead atoms. The highest BCUT2D eigenvalue weighted by Crippen LogP contribution is 2.31. The van der Waals surface area contributed by atoms with Crippen LogP contribution in [0.15, 0.2) is 47.5 Å². The van der Waals surface area contributed by atoms with Crippen LogP contribution < -0.4 is 20.0 Å². The van der Waals surface area contributed by atoms with Gasteiger partial charge in [0.2, 0.25) is 10.0 Å². The van der Waals surface area contributed by atoms with Crippen LogP contribution in [0.5, 0.6) is 5.75 Å². The molecule has 1 aliphatic heterocycles. The Bertz CT molecular complexity index is 1310. The predicted octanol–water partition coefficient (Wildman–Crippen LogP) is 1.68. The van der Waals surface area contributed by atoms with E-state index in [4.69, 9.17) is 21.3 Å². The van der Waals surface area contributed by atoms with Crippen molar-refractivity contribution in [3.8, 4) is 5.75 Å². The van der Waals surface area contributed by atoms with Crippen molar-refractivity contribution in [2.75, 3.05) is 26.0 Å². The van der Waals surface area contributed by atoms with Crippen LogP contribution in [-0.4, -0.2) is 50.8 Å². The number of benzene rings is 2. The Morgan fingerprint density at radius 1 is 1.24 bits per heavy atom. The van der Waals surface area contributed by atoms with Crippen molar-refractivity contribution in [2.45, 2.75) is 25.3 Å². The van der Waals surface area contributed by atoms with Gasteiger partial charge in [0.25, 0.3) is 5.09 Å². The summed E-state index contributed by atoms with van der Waals surface area (Å²) in [6.45, 7) is 1.41. The number of ether oxygens (including phenoxy) is 1. The summed E-state index contributed by atoms with van der Waals surface area (Å²) in [5, 5.41) is 11.0. The van der Waals surface area contributed by atoms with E-state index >= 15 is 0 Å². The summed E-state index contributed by atoms with van der Waals surface area (Å²) in [4.78, 5) is 32.5. The van der Waals surface area contributed by atoms with Crippen molar-refractivity contribution in [2.24, 2.45) is 4.99 Å². The number of carbonyl (C=O) groups excluding carboxylic acids is 1. The van der Waals surface area contributed by atoms with Gasteiger partial charge in [0.1, 0.15) is 11.3 Å². The molecule has 1 N–H and O–H groups in total. The third kappa shape index (κ3) is 5.91. The minimum absolute atomic E-state index is 0.0173. The SMILES string of the molecule is COc1ccc2c(c1)=C(CCNS(=O)(=O)CCCO[N+](=O)[O-])C(C)(C(=O)c1ccc(Cl)cc1)N=2. The molecule has 2 aromatic carbocycles. The lowest BCUT2D eigenvalue weighted by Gasteiger charge is -2.24. The van der Waals surface area contributed by atoms with Crippen molar-refractivity contribution in [3.05, 3.63) is 73.7 Å². The summed E-state index contributed by atoms with van der Waals surface area (Å²) in [5.74, 6) is 0.0153. The lowest BCUT2D eigenvalue weighted by molar-refractivity contribution is -0.757. The molecule has 0 fully saturated rings. The average molecular weight is 510 g/mol. The maximum Gasteiger partial charge on any atom is 0.294 e. The number of sulfonamides is 1. The van der Waals surface area contributed by atoms with Gasteiger partial charge in [0.05, 0.1) is 24.8 Å². The summed E-state index contributed by atoms with van der Waals surface area (Å²) in [7, 11) is -2.17. The summed E-state index contributed by atoms with van der Waals surface area (Å²) >= 11 is 5.96. The molecule has 0 aromatic heterocycles. The summed E-state index contributed by atoms with van der Waals surface area (Å²) in [6.07, 6.45) is 0.180. The average Bonchev–Trinajstić information content (AvgIpc) is 3.08. The second-order valence-corrected chi connectivity index (χ2v) is 10.1. The van der Waals surface area contributed by atoms with Gasteiger partial charge in [-0.2, -0.15) is 0 Å². The van der Waals surface area contributed by atoms with E-state index in [1.807, 2.05) is 0 Å². The Morgan fingerprint density at radius 2 is 1.94 bits per heavy atom. The Labute approximate surface area is 201 Å². The topological polar surface area (TPSA) is 137 Å². The van der Waals surface area contributed by atoms with Crippen molar-refractivity contribution in [1.29, 1.82) is 0 Å². The van der Waals surface area contributed by atoms with Crippen LogP contribution in [0, 0.1) is 10.1 Å². The third-order valence-corrected chi connectivity index (χ3v) is 7.18. The van der Waals surface area contributed by atoms with Crippen molar-refractivity contribution < 1.29 is 27.9 Å². The molecule has 182 valence electrons. The monoisotopic (exact) mass is 509 g/mol. The Morgan fingerprint density at radius 3 is 2.59 bits per heavy atom. The van der Waals surface area contributed by atoms with Gasteiger partial charge in [-0.3, -0.25) is 9.79 Å². The highest BCUT2D eigenvalue weighted by atomic mass is 35.5. The summed E-state index contributed by atoms with van der Waals surface area (Å²) < 4.78 is 32.4. The van der Waals surface area contributed by atoms with Crippen LogP contribution in [0.4, 0.5) is 0 Å². The fourth-order valence-corrected chi connectivity index (χ4v) is 4.97. The highest BCUT2D eigenvalue weighted by molar-refractivity contribution is 7.89. The standard InChI is InChI=1S/C22H24ClN3O7S/c1-22(21(27)15-4-6-16(23)7-5-15)19(18-14-17(32-2)8-9-20(18)25-22)10-11-24-34(30,31)13-3-12-33-26(28)29/h4-9,14,24H,3,10-13H2,1-2H3. The summed E-state index contributed by atoms with van der Waals surface area (Å²) in [5.41, 5.74) is -0.159. The molecule has 0 saturated carbocycles. The van der Waals surface area contributed by atoms with Crippen LogP contribution in [0.3, 0.4) is 0 Å². The van der Waals surface area contributed by atoms with Gasteiger partial charge in [-0.25, -0.2) is 13.1 Å². The van der Waals surface area contributed by atoms with Crippen LogP contribution in [0.2, 0.25) is 5.02 Å². The smallest absolute Gasteiger partial charge is 0.294 e. The molecule has 1 unspecified atom stereocenters. The molecule has 12 heteroatoms. The van der Waals surface area contributed by atoms with Gasteiger partial charge < -0.3 is 9.57 Å². The Hall–Kier alpha value is -3.02. The zero-order chi connectivity index (χ0) is 24.9. The number of methoxy groups -OCH3 is 1. The van der Waals surface area contributed by atoms with Gasteiger partial charge in [-0.15, -0.1) is 10.1 Å². The number of halogens is 1. The molecule has 1 heterocycles. The number of nitrogens with one attached hydrogen (secondary N) is 1. The number of ketones is 1. The molecule has 34 heavy (non-hydrogen) atoms. The maximum atomic E-state index is 13.5. The zero-order valence-corrected chi connectivity index (χ0v) is 20.2. The van der Waals surface area contributed by atoms with Crippen LogP contribution >= 0.6 is 11.6 Å². The van der Waals surface area contributed by atoms with E-state index in [9.17, 15) is 23.3 Å². The van der Waals surface area contributed by atoms with E-state index in [1.165, 1.54) is 7.11 Å². The number of hydrogen-bond donors (Lipinski definition) is 1. The van der Waals surface area contributed by atoms with Gasteiger partial charge in [0, 0.05) is 22.3 Å². The maximum absolute atomic E-state index is 13.5. The first-order valence-corrected chi connectivity index (χ1v) is 12.4. The highest BCUT2D eigenvalue weighted by Gasteiger charge is 2.40. The van der Waals surface area contributed by atoms with E-state index in [-0.39, 0.29) is 37.5 Å². The molecule has 10 nitrogen and oxygen atoms in total. The van der Waals surface area contributed by atoms with Gasteiger partial charge in [-0.05, 0) is 67.8 Å². The van der Waals surface area contributed by atoms with Gasteiger partial charge in [0.15, 0.2) is 5.78 Å². The molecule has 0 spiro atoms. The fraction of sp³-hybridized carbons (Fsp3) is 0.364. The van der Waals surface area contributed by atoms with Gasteiger partial charge in [-0.1, -0.05) is 11.6 Å². The van der Waals surface area contributed by atoms with E-state index < -0.39 is 20.6 Å². The molecule has 1 aliphatic rings. The molecule has 0 aliphatic carbocycles. The first-order chi connectivity index (χ1) is 16.1. The van der Waals surface area contributed by atoms with Crippen molar-refractivity contribution in [1.82, 2.24) is 4.72 Å². The number of fused-ring (bicyclic) bond motifs is 1. The van der Waals surface area contributed by atoms with E-state index in [1.54, 1.807) is 49.4 Å². The number of nitrogens with zero attached hydrogens (tertiary/aromatic N) is 2. The number of carbonyl (C=O) groups is 1. The quantitative estimate of drug-likeness (QED) is 0.199. The van der Waals surface area contributed by atoms with Crippen LogP contribution in [-0.2, 0) is 14.9 Å². The first-order valence-electron chi connectivity index (χ1n) is 10.4. The number of hydrogen-bond acceptors (Lipinski definition) is 8. The molecule has 0 radical (unpaired) electrons. The molecule has 0 amide bonds. The molecule has 3 rings (SSSR count). The fourth-order valence-electron chi connectivity index (χ4n) is 3.79. The zero-order valence-electron chi connectivity index (χ0n) is 18.6. The van der Waals surface area contributed by atoms with E-state index in [2.05, 4.69) is 9.56 Å². The molecular formula is C22H24ClN3O7S. The molecule has 2 aromatic rings. The minimum atomic E-state index is -3.70. The third-order valence-electron chi connectivity index (χ3n) is 5.46. The molecule has 1 atom stereocenters. The summed E-state index contributed by atoms with van der Waals surface area (Å²) in [6, 6.07) is 11.8. The lowest BCUT2D eigenvalue weighted by atomic mass is 9.83. The second-order valence-electron chi connectivity index (χ2n) is 7.76. The normalized spacial score (nSPS) is 17.1. The van der Waals surface area contributed by atoms with Crippen molar-refractivity contribution in [3.63, 3.8) is 0 Å². The lowest BCUT2D eigenvalue weighted by Crippen LogP contribution is -2.37. The van der Waals surface area contributed by atoms with E-state index in [0.717, 1.165) is 0 Å². The molecular weight excluding hydrogens is 486 g/mol. The number of Topliss-reactive ketones (excluding diaryl/α,β-unsaturated/α-hetero) is 1. The Kier molecular flexibility index (Phi) is 7.90. The largest absolute Gasteiger partial charge is 0.497 e. The first kappa shape index (κ1) is 25.6. The van der Waals surface area contributed by atoms with Gasteiger partial charge >= 0.3 is 0 Å². The number of rotatable bonds is 12. The minimum Gasteiger partial charge on any atom is -0.497 e. The molecule has 0 saturated heterocycles. The van der Waals surface area contributed by atoms with Crippen LogP contribution in [0.1, 0.15) is 30.1 Å².